The molecule has 0 aliphatic carbocycles. The molecular weight excluding hydrogens is 234 g/mol. The van der Waals surface area contributed by atoms with Crippen molar-refractivity contribution in [2.75, 3.05) is 7.05 Å². The molecule has 19 heavy (non-hydrogen) atoms. The van der Waals surface area contributed by atoms with Gasteiger partial charge in [-0.05, 0) is 47.8 Å². The molecule has 1 N–H and O–H groups in total. The van der Waals surface area contributed by atoms with Crippen molar-refractivity contribution in [3.63, 3.8) is 0 Å². The van der Waals surface area contributed by atoms with Gasteiger partial charge in [-0.1, -0.05) is 12.1 Å². The van der Waals surface area contributed by atoms with Gasteiger partial charge >= 0.3 is 0 Å². The first-order valence-corrected chi connectivity index (χ1v) is 6.48. The lowest BCUT2D eigenvalue weighted by Crippen LogP contribution is -2.04. The maximum atomic E-state index is 4.16. The molecule has 2 heterocycles. The van der Waals surface area contributed by atoms with E-state index in [4.69, 9.17) is 0 Å². The lowest BCUT2D eigenvalue weighted by molar-refractivity contribution is 0.816. The molecule has 3 rings (SSSR count). The van der Waals surface area contributed by atoms with Crippen molar-refractivity contribution in [3.05, 3.63) is 66.1 Å². The van der Waals surface area contributed by atoms with Crippen LogP contribution in [0.2, 0.25) is 0 Å². The van der Waals surface area contributed by atoms with E-state index in [1.165, 1.54) is 22.0 Å². The summed E-state index contributed by atoms with van der Waals surface area (Å²) in [6, 6.07) is 12.9. The number of nitrogens with zero attached hydrogens (tertiary/aromatic N) is 2. The number of nitrogens with one attached hydrogen (secondary N) is 1. The van der Waals surface area contributed by atoms with Gasteiger partial charge in [0.25, 0.3) is 0 Å². The highest BCUT2D eigenvalue weighted by Crippen LogP contribution is 2.18. The van der Waals surface area contributed by atoms with Gasteiger partial charge in [0.1, 0.15) is 0 Å². The van der Waals surface area contributed by atoms with Crippen LogP contribution in [-0.2, 0) is 13.1 Å². The van der Waals surface area contributed by atoms with E-state index in [0.717, 1.165) is 13.1 Å². The van der Waals surface area contributed by atoms with Gasteiger partial charge in [0, 0.05) is 37.2 Å². The Balaban J connectivity index is 1.93. The second-order valence-electron chi connectivity index (χ2n) is 4.73. The molecule has 0 atom stereocenters. The van der Waals surface area contributed by atoms with Crippen molar-refractivity contribution in [2.24, 2.45) is 0 Å². The molecule has 0 bridgehead atoms. The maximum absolute atomic E-state index is 4.16. The van der Waals surface area contributed by atoms with Gasteiger partial charge in [-0.15, -0.1) is 0 Å². The minimum Gasteiger partial charge on any atom is -0.343 e. The third kappa shape index (κ3) is 2.51. The first-order valence-electron chi connectivity index (χ1n) is 6.48. The molecule has 3 nitrogen and oxygen atoms in total. The fraction of sp³-hybridized carbons (Fsp3) is 0.188. The molecule has 0 spiro atoms. The zero-order chi connectivity index (χ0) is 13.1. The standard InChI is InChI=1S/C16H17N3/c1-17-10-13-4-5-16-15(9-13)6-8-19(16)12-14-3-2-7-18-11-14/h2-9,11,17H,10,12H2,1H3. The van der Waals surface area contributed by atoms with E-state index in [0.29, 0.717) is 0 Å². The number of hydrogen-bond donors (Lipinski definition) is 1. The summed E-state index contributed by atoms with van der Waals surface area (Å²) in [4.78, 5) is 4.16. The second kappa shape index (κ2) is 5.24. The lowest BCUT2D eigenvalue weighted by Gasteiger charge is -2.06. The molecule has 96 valence electrons. The number of benzene rings is 1. The highest BCUT2D eigenvalue weighted by atomic mass is 15.0. The average molecular weight is 251 g/mol. The summed E-state index contributed by atoms with van der Waals surface area (Å²) in [6.07, 6.45) is 5.86. The zero-order valence-corrected chi connectivity index (χ0v) is 11.0. The molecule has 3 aromatic rings. The topological polar surface area (TPSA) is 29.9 Å². The van der Waals surface area contributed by atoms with E-state index in [-0.39, 0.29) is 0 Å². The Morgan fingerprint density at radius 3 is 2.89 bits per heavy atom. The summed E-state index contributed by atoms with van der Waals surface area (Å²) in [6.45, 7) is 1.77. The van der Waals surface area contributed by atoms with Crippen LogP contribution in [0.1, 0.15) is 11.1 Å². The normalized spacial score (nSPS) is 11.0. The van der Waals surface area contributed by atoms with Crippen LogP contribution in [-0.4, -0.2) is 16.6 Å². The molecule has 0 saturated carbocycles. The summed E-state index contributed by atoms with van der Waals surface area (Å²) in [7, 11) is 1.97. The molecule has 0 radical (unpaired) electrons. The molecule has 0 amide bonds. The quantitative estimate of drug-likeness (QED) is 0.772. The Labute approximate surface area is 112 Å². The summed E-state index contributed by atoms with van der Waals surface area (Å²) < 4.78 is 2.26. The molecule has 1 aromatic carbocycles. The van der Waals surface area contributed by atoms with Gasteiger partial charge in [0.05, 0.1) is 0 Å². The molecule has 2 aromatic heterocycles. The summed E-state index contributed by atoms with van der Waals surface area (Å²) in [5.74, 6) is 0. The smallest absolute Gasteiger partial charge is 0.0491 e. The van der Waals surface area contributed by atoms with Crippen LogP contribution in [0.3, 0.4) is 0 Å². The minimum absolute atomic E-state index is 0.864. The van der Waals surface area contributed by atoms with Crippen LogP contribution in [0.5, 0.6) is 0 Å². The fourth-order valence-electron chi connectivity index (χ4n) is 2.39. The third-order valence-corrected chi connectivity index (χ3v) is 3.29. The van der Waals surface area contributed by atoms with Crippen LogP contribution >= 0.6 is 0 Å². The first kappa shape index (κ1) is 11.9. The number of rotatable bonds is 4. The Hall–Kier alpha value is -2.13. The summed E-state index contributed by atoms with van der Waals surface area (Å²) in [5, 5.41) is 4.47. The highest BCUT2D eigenvalue weighted by molar-refractivity contribution is 5.81. The Bertz CT molecular complexity index is 671. The number of aromatic nitrogens is 2. The van der Waals surface area contributed by atoms with E-state index >= 15 is 0 Å². The van der Waals surface area contributed by atoms with Crippen molar-refractivity contribution in [3.8, 4) is 0 Å². The van der Waals surface area contributed by atoms with Gasteiger partial charge in [-0.3, -0.25) is 4.98 Å². The molecule has 0 unspecified atom stereocenters. The Morgan fingerprint density at radius 1 is 1.16 bits per heavy atom. The van der Waals surface area contributed by atoms with Crippen molar-refractivity contribution >= 4 is 10.9 Å². The summed E-state index contributed by atoms with van der Waals surface area (Å²) in [5.41, 5.74) is 3.80. The molecule has 0 aliphatic heterocycles. The zero-order valence-electron chi connectivity index (χ0n) is 11.0. The minimum atomic E-state index is 0.864. The maximum Gasteiger partial charge on any atom is 0.0491 e. The largest absolute Gasteiger partial charge is 0.343 e. The van der Waals surface area contributed by atoms with Gasteiger partial charge in [-0.25, -0.2) is 0 Å². The molecule has 0 aliphatic rings. The van der Waals surface area contributed by atoms with Gasteiger partial charge in [0.2, 0.25) is 0 Å². The van der Waals surface area contributed by atoms with Crippen LogP contribution in [0.15, 0.2) is 55.0 Å². The molecule has 3 heteroatoms. The first-order chi connectivity index (χ1) is 9.36. The monoisotopic (exact) mass is 251 g/mol. The Morgan fingerprint density at radius 2 is 2.11 bits per heavy atom. The number of fused-ring (bicyclic) bond motifs is 1. The molecule has 0 saturated heterocycles. The van der Waals surface area contributed by atoms with Gasteiger partial charge < -0.3 is 9.88 Å². The molecular formula is C16H17N3. The van der Waals surface area contributed by atoms with Crippen LogP contribution in [0.4, 0.5) is 0 Å². The van der Waals surface area contributed by atoms with E-state index < -0.39 is 0 Å². The second-order valence-corrected chi connectivity index (χ2v) is 4.73. The fourth-order valence-corrected chi connectivity index (χ4v) is 2.39. The average Bonchev–Trinajstić information content (AvgIpc) is 2.83. The Kier molecular flexibility index (Phi) is 3.29. The van der Waals surface area contributed by atoms with Crippen LogP contribution < -0.4 is 5.32 Å². The lowest BCUT2D eigenvalue weighted by atomic mass is 10.1. The predicted molar refractivity (Wildman–Crippen MR) is 78.0 cm³/mol. The number of hydrogen-bond acceptors (Lipinski definition) is 2. The van der Waals surface area contributed by atoms with E-state index in [1.807, 2.05) is 19.3 Å². The van der Waals surface area contributed by atoms with Gasteiger partial charge in [-0.2, -0.15) is 0 Å². The van der Waals surface area contributed by atoms with Crippen molar-refractivity contribution < 1.29 is 0 Å². The SMILES string of the molecule is CNCc1ccc2c(ccn2Cc2cccnc2)c1. The number of pyridine rings is 1. The third-order valence-electron chi connectivity index (χ3n) is 3.29. The molecule has 0 fully saturated rings. The van der Waals surface area contributed by atoms with E-state index in [1.54, 1.807) is 6.20 Å². The highest BCUT2D eigenvalue weighted by Gasteiger charge is 2.03. The predicted octanol–water partition coefficient (Wildman–Crippen LogP) is 2.80. The van der Waals surface area contributed by atoms with Crippen molar-refractivity contribution in [2.45, 2.75) is 13.1 Å². The van der Waals surface area contributed by atoms with Gasteiger partial charge in [0.15, 0.2) is 0 Å². The van der Waals surface area contributed by atoms with Crippen LogP contribution in [0, 0.1) is 0 Å². The van der Waals surface area contributed by atoms with Crippen molar-refractivity contribution in [1.29, 1.82) is 0 Å². The van der Waals surface area contributed by atoms with E-state index in [9.17, 15) is 0 Å². The van der Waals surface area contributed by atoms with Crippen molar-refractivity contribution in [1.82, 2.24) is 14.9 Å². The van der Waals surface area contributed by atoms with Crippen LogP contribution in [0.25, 0.3) is 10.9 Å². The summed E-state index contributed by atoms with van der Waals surface area (Å²) >= 11 is 0. The van der Waals surface area contributed by atoms with E-state index in [2.05, 4.69) is 51.4 Å².